The molecule has 0 atom stereocenters. The van der Waals surface area contributed by atoms with Crippen molar-refractivity contribution in [1.29, 1.82) is 0 Å². The van der Waals surface area contributed by atoms with Gasteiger partial charge in [-0.2, -0.15) is 0 Å². The number of hydrogen-bond donors (Lipinski definition) is 0. The van der Waals surface area contributed by atoms with Gasteiger partial charge in [0.05, 0.1) is 24.2 Å². The summed E-state index contributed by atoms with van der Waals surface area (Å²) in [6.45, 7) is 2.04. The monoisotopic (exact) mass is 264 g/mol. The van der Waals surface area contributed by atoms with Crippen molar-refractivity contribution in [3.8, 4) is 5.75 Å². The zero-order valence-electron chi connectivity index (χ0n) is 11.6. The summed E-state index contributed by atoms with van der Waals surface area (Å²) in [5.74, 6) is 0.855. The van der Waals surface area contributed by atoms with Crippen molar-refractivity contribution in [2.75, 3.05) is 7.11 Å². The average molecular weight is 264 g/mol. The van der Waals surface area contributed by atoms with E-state index >= 15 is 0 Å². The van der Waals surface area contributed by atoms with Gasteiger partial charge in [-0.15, -0.1) is 0 Å². The Balaban J connectivity index is 2.05. The van der Waals surface area contributed by atoms with Gasteiger partial charge in [0.25, 0.3) is 0 Å². The molecule has 0 amide bonds. The van der Waals surface area contributed by atoms with E-state index in [-0.39, 0.29) is 0 Å². The SMILES string of the molecule is COc1ccc(C2=Nc3ccccc3N=C(C)C2)cc1. The fraction of sp³-hybridized carbons (Fsp3) is 0.176. The van der Waals surface area contributed by atoms with Gasteiger partial charge in [-0.25, -0.2) is 0 Å². The van der Waals surface area contributed by atoms with Crippen LogP contribution < -0.4 is 4.74 Å². The first-order valence-electron chi connectivity index (χ1n) is 6.61. The standard InChI is InChI=1S/C17H16N2O/c1-12-11-17(13-7-9-14(20-2)10-8-13)19-16-6-4-3-5-15(16)18-12/h3-10H,11H2,1-2H3. The molecule has 0 saturated carbocycles. The molecule has 2 aromatic rings. The van der Waals surface area contributed by atoms with Crippen molar-refractivity contribution in [3.05, 3.63) is 54.1 Å². The van der Waals surface area contributed by atoms with Crippen LogP contribution in [0.4, 0.5) is 11.4 Å². The number of hydrogen-bond acceptors (Lipinski definition) is 3. The molecule has 0 fully saturated rings. The fourth-order valence-corrected chi connectivity index (χ4v) is 2.28. The molecule has 100 valence electrons. The number of rotatable bonds is 2. The van der Waals surface area contributed by atoms with Gasteiger partial charge < -0.3 is 4.74 Å². The van der Waals surface area contributed by atoms with Crippen LogP contribution in [0.15, 0.2) is 58.5 Å². The number of methoxy groups -OCH3 is 1. The van der Waals surface area contributed by atoms with E-state index in [4.69, 9.17) is 9.73 Å². The molecular formula is C17H16N2O. The Hall–Kier alpha value is -2.42. The molecule has 1 aliphatic rings. The van der Waals surface area contributed by atoms with E-state index in [9.17, 15) is 0 Å². The molecule has 1 heterocycles. The lowest BCUT2D eigenvalue weighted by Gasteiger charge is -2.06. The smallest absolute Gasteiger partial charge is 0.118 e. The summed E-state index contributed by atoms with van der Waals surface area (Å²) in [5, 5.41) is 0. The quantitative estimate of drug-likeness (QED) is 0.795. The molecule has 0 aliphatic carbocycles. The highest BCUT2D eigenvalue weighted by Gasteiger charge is 2.12. The van der Waals surface area contributed by atoms with Crippen molar-refractivity contribution in [2.45, 2.75) is 13.3 Å². The van der Waals surface area contributed by atoms with E-state index in [0.29, 0.717) is 0 Å². The third-order valence-corrected chi connectivity index (χ3v) is 3.29. The second-order valence-electron chi connectivity index (χ2n) is 4.80. The maximum absolute atomic E-state index is 5.19. The predicted molar refractivity (Wildman–Crippen MR) is 83.0 cm³/mol. The Morgan fingerprint density at radius 3 is 2.20 bits per heavy atom. The molecule has 3 heteroatoms. The summed E-state index contributed by atoms with van der Waals surface area (Å²) in [4.78, 5) is 9.40. The lowest BCUT2D eigenvalue weighted by atomic mass is 10.1. The Morgan fingerprint density at radius 2 is 1.55 bits per heavy atom. The van der Waals surface area contributed by atoms with Gasteiger partial charge in [0.15, 0.2) is 0 Å². The van der Waals surface area contributed by atoms with Crippen LogP contribution in [0.3, 0.4) is 0 Å². The first-order chi connectivity index (χ1) is 9.76. The highest BCUT2D eigenvalue weighted by molar-refractivity contribution is 6.14. The molecule has 0 unspecified atom stereocenters. The van der Waals surface area contributed by atoms with Crippen LogP contribution in [0, 0.1) is 0 Å². The van der Waals surface area contributed by atoms with Crippen molar-refractivity contribution >= 4 is 22.8 Å². The molecule has 0 spiro atoms. The molecule has 1 aliphatic heterocycles. The number of ether oxygens (including phenoxy) is 1. The Kier molecular flexibility index (Phi) is 3.33. The van der Waals surface area contributed by atoms with E-state index in [1.165, 1.54) is 0 Å². The third-order valence-electron chi connectivity index (χ3n) is 3.29. The minimum atomic E-state index is 0.765. The fourth-order valence-electron chi connectivity index (χ4n) is 2.28. The minimum absolute atomic E-state index is 0.765. The second kappa shape index (κ2) is 5.29. The van der Waals surface area contributed by atoms with Crippen molar-refractivity contribution in [2.24, 2.45) is 9.98 Å². The number of aliphatic imine (C=N–C) groups is 2. The van der Waals surface area contributed by atoms with Gasteiger partial charge in [0.1, 0.15) is 5.75 Å². The molecule has 0 aromatic heterocycles. The van der Waals surface area contributed by atoms with Crippen LogP contribution in [0.2, 0.25) is 0 Å². The predicted octanol–water partition coefficient (Wildman–Crippen LogP) is 4.31. The molecule has 0 radical (unpaired) electrons. The zero-order valence-corrected chi connectivity index (χ0v) is 11.6. The van der Waals surface area contributed by atoms with Gasteiger partial charge in [-0.05, 0) is 48.9 Å². The second-order valence-corrected chi connectivity index (χ2v) is 4.80. The average Bonchev–Trinajstić information content (AvgIpc) is 2.65. The molecule has 2 aromatic carbocycles. The van der Waals surface area contributed by atoms with Crippen LogP contribution in [0.25, 0.3) is 0 Å². The Labute approximate surface area is 118 Å². The maximum Gasteiger partial charge on any atom is 0.118 e. The number of fused-ring (bicyclic) bond motifs is 1. The molecule has 3 rings (SSSR count). The first kappa shape index (κ1) is 12.6. The summed E-state index contributed by atoms with van der Waals surface area (Å²) in [7, 11) is 1.67. The summed E-state index contributed by atoms with van der Waals surface area (Å²) in [5.41, 5.74) is 5.09. The van der Waals surface area contributed by atoms with E-state index in [1.54, 1.807) is 7.11 Å². The first-order valence-corrected chi connectivity index (χ1v) is 6.61. The largest absolute Gasteiger partial charge is 0.497 e. The summed E-state index contributed by atoms with van der Waals surface area (Å²) < 4.78 is 5.19. The summed E-state index contributed by atoms with van der Waals surface area (Å²) >= 11 is 0. The highest BCUT2D eigenvalue weighted by Crippen LogP contribution is 2.31. The van der Waals surface area contributed by atoms with Crippen LogP contribution >= 0.6 is 0 Å². The summed E-state index contributed by atoms with van der Waals surface area (Å²) in [6, 6.07) is 16.0. The zero-order chi connectivity index (χ0) is 13.9. The Bertz CT molecular complexity index is 684. The third kappa shape index (κ3) is 2.48. The van der Waals surface area contributed by atoms with Crippen molar-refractivity contribution in [1.82, 2.24) is 0 Å². The molecule has 3 nitrogen and oxygen atoms in total. The number of para-hydroxylation sites is 2. The topological polar surface area (TPSA) is 34.0 Å². The van der Waals surface area contributed by atoms with Gasteiger partial charge in [0.2, 0.25) is 0 Å². The molecule has 20 heavy (non-hydrogen) atoms. The number of nitrogens with zero attached hydrogens (tertiary/aromatic N) is 2. The molecular weight excluding hydrogens is 248 g/mol. The lowest BCUT2D eigenvalue weighted by Crippen LogP contribution is -2.05. The van der Waals surface area contributed by atoms with E-state index in [1.807, 2.05) is 55.5 Å². The van der Waals surface area contributed by atoms with Gasteiger partial charge in [-0.1, -0.05) is 12.1 Å². The van der Waals surface area contributed by atoms with Gasteiger partial charge in [-0.3, -0.25) is 9.98 Å². The summed E-state index contributed by atoms with van der Waals surface area (Å²) in [6.07, 6.45) is 0.765. The number of benzene rings is 2. The van der Waals surface area contributed by atoms with E-state index < -0.39 is 0 Å². The van der Waals surface area contributed by atoms with E-state index in [0.717, 1.165) is 40.5 Å². The maximum atomic E-state index is 5.19. The normalized spacial score (nSPS) is 13.9. The minimum Gasteiger partial charge on any atom is -0.497 e. The van der Waals surface area contributed by atoms with Crippen LogP contribution in [0.5, 0.6) is 5.75 Å². The Morgan fingerprint density at radius 1 is 0.900 bits per heavy atom. The highest BCUT2D eigenvalue weighted by atomic mass is 16.5. The van der Waals surface area contributed by atoms with Crippen LogP contribution in [-0.2, 0) is 0 Å². The lowest BCUT2D eigenvalue weighted by molar-refractivity contribution is 0.415. The van der Waals surface area contributed by atoms with Gasteiger partial charge >= 0.3 is 0 Å². The van der Waals surface area contributed by atoms with Crippen molar-refractivity contribution < 1.29 is 4.74 Å². The molecule has 0 saturated heterocycles. The van der Waals surface area contributed by atoms with Crippen LogP contribution in [-0.4, -0.2) is 18.5 Å². The van der Waals surface area contributed by atoms with Crippen LogP contribution in [0.1, 0.15) is 18.9 Å². The molecule has 0 bridgehead atoms. The molecule has 0 N–H and O–H groups in total. The van der Waals surface area contributed by atoms with E-state index in [2.05, 4.69) is 4.99 Å². The van der Waals surface area contributed by atoms with Crippen molar-refractivity contribution in [3.63, 3.8) is 0 Å². The van der Waals surface area contributed by atoms with Gasteiger partial charge in [0, 0.05) is 12.1 Å².